The second-order valence-corrected chi connectivity index (χ2v) is 4.95. The SMILES string of the molecule is Cc1ccccc1N(C)CC(N)C1CCOC1. The summed E-state index contributed by atoms with van der Waals surface area (Å²) in [6.45, 7) is 4.71. The highest BCUT2D eigenvalue weighted by Crippen LogP contribution is 2.21. The molecule has 0 radical (unpaired) electrons. The molecular weight excluding hydrogens is 212 g/mol. The molecule has 3 nitrogen and oxygen atoms in total. The molecule has 2 rings (SSSR count). The molecule has 1 aromatic carbocycles. The smallest absolute Gasteiger partial charge is 0.0510 e. The van der Waals surface area contributed by atoms with Crippen LogP contribution < -0.4 is 10.6 Å². The van der Waals surface area contributed by atoms with Gasteiger partial charge in [-0.3, -0.25) is 0 Å². The number of likely N-dealkylation sites (N-methyl/N-ethyl adjacent to an activating group) is 1. The van der Waals surface area contributed by atoms with Crippen molar-refractivity contribution < 1.29 is 4.74 Å². The molecule has 0 aromatic heterocycles. The number of hydrogen-bond donors (Lipinski definition) is 1. The van der Waals surface area contributed by atoms with Crippen molar-refractivity contribution in [3.05, 3.63) is 29.8 Å². The maximum absolute atomic E-state index is 6.25. The molecule has 0 aliphatic carbocycles. The molecule has 2 N–H and O–H groups in total. The molecule has 0 amide bonds. The van der Waals surface area contributed by atoms with Crippen molar-refractivity contribution in [2.75, 3.05) is 31.7 Å². The fourth-order valence-corrected chi connectivity index (χ4v) is 2.45. The van der Waals surface area contributed by atoms with Gasteiger partial charge in [0, 0.05) is 37.8 Å². The van der Waals surface area contributed by atoms with Gasteiger partial charge in [0.1, 0.15) is 0 Å². The third kappa shape index (κ3) is 2.99. The number of benzene rings is 1. The van der Waals surface area contributed by atoms with Gasteiger partial charge in [-0.25, -0.2) is 0 Å². The van der Waals surface area contributed by atoms with Crippen LogP contribution in [-0.2, 0) is 4.74 Å². The van der Waals surface area contributed by atoms with Gasteiger partial charge in [0.25, 0.3) is 0 Å². The Morgan fingerprint density at radius 1 is 1.47 bits per heavy atom. The number of nitrogens with two attached hydrogens (primary N) is 1. The maximum atomic E-state index is 6.25. The molecule has 0 bridgehead atoms. The molecule has 1 saturated heterocycles. The van der Waals surface area contributed by atoms with E-state index >= 15 is 0 Å². The first-order valence-electron chi connectivity index (χ1n) is 6.28. The van der Waals surface area contributed by atoms with Crippen molar-refractivity contribution in [2.24, 2.45) is 11.7 Å². The van der Waals surface area contributed by atoms with E-state index in [1.807, 2.05) is 0 Å². The molecule has 1 fully saturated rings. The molecule has 1 heterocycles. The van der Waals surface area contributed by atoms with Crippen LogP contribution in [0, 0.1) is 12.8 Å². The van der Waals surface area contributed by atoms with Crippen molar-refractivity contribution in [3.63, 3.8) is 0 Å². The van der Waals surface area contributed by atoms with E-state index in [1.165, 1.54) is 11.3 Å². The molecule has 0 spiro atoms. The Kier molecular flexibility index (Phi) is 4.02. The van der Waals surface area contributed by atoms with E-state index in [2.05, 4.69) is 43.1 Å². The largest absolute Gasteiger partial charge is 0.381 e. The first-order valence-corrected chi connectivity index (χ1v) is 6.28. The lowest BCUT2D eigenvalue weighted by molar-refractivity contribution is 0.181. The summed E-state index contributed by atoms with van der Waals surface area (Å²) in [5, 5.41) is 0. The fraction of sp³-hybridized carbons (Fsp3) is 0.571. The van der Waals surface area contributed by atoms with Crippen molar-refractivity contribution in [3.8, 4) is 0 Å². The summed E-state index contributed by atoms with van der Waals surface area (Å²) >= 11 is 0. The molecule has 1 aliphatic rings. The number of para-hydroxylation sites is 1. The Bertz CT molecular complexity index is 361. The topological polar surface area (TPSA) is 38.5 Å². The standard InChI is InChI=1S/C14H22N2O/c1-11-5-3-4-6-14(11)16(2)9-13(15)12-7-8-17-10-12/h3-6,12-13H,7-10,15H2,1-2H3. The van der Waals surface area contributed by atoms with Gasteiger partial charge in [0.05, 0.1) is 6.61 Å². The van der Waals surface area contributed by atoms with Crippen LogP contribution in [0.25, 0.3) is 0 Å². The minimum Gasteiger partial charge on any atom is -0.381 e. The highest BCUT2D eigenvalue weighted by atomic mass is 16.5. The van der Waals surface area contributed by atoms with Gasteiger partial charge in [-0.2, -0.15) is 0 Å². The molecule has 94 valence electrons. The van der Waals surface area contributed by atoms with Crippen LogP contribution >= 0.6 is 0 Å². The van der Waals surface area contributed by atoms with Crippen molar-refractivity contribution in [2.45, 2.75) is 19.4 Å². The van der Waals surface area contributed by atoms with Crippen molar-refractivity contribution in [1.82, 2.24) is 0 Å². The fourth-order valence-electron chi connectivity index (χ4n) is 2.45. The minimum atomic E-state index is 0.196. The van der Waals surface area contributed by atoms with E-state index < -0.39 is 0 Å². The van der Waals surface area contributed by atoms with Crippen LogP contribution in [0.3, 0.4) is 0 Å². The van der Waals surface area contributed by atoms with E-state index in [1.54, 1.807) is 0 Å². The van der Waals surface area contributed by atoms with Crippen LogP contribution in [0.2, 0.25) is 0 Å². The summed E-state index contributed by atoms with van der Waals surface area (Å²) in [5.41, 5.74) is 8.81. The molecule has 1 aliphatic heterocycles. The second-order valence-electron chi connectivity index (χ2n) is 4.95. The summed E-state index contributed by atoms with van der Waals surface area (Å²) < 4.78 is 5.39. The quantitative estimate of drug-likeness (QED) is 0.863. The zero-order valence-electron chi connectivity index (χ0n) is 10.7. The molecular formula is C14H22N2O. The predicted molar refractivity (Wildman–Crippen MR) is 71.4 cm³/mol. The molecule has 2 atom stereocenters. The van der Waals surface area contributed by atoms with Gasteiger partial charge in [0.15, 0.2) is 0 Å². The summed E-state index contributed by atoms with van der Waals surface area (Å²) in [7, 11) is 2.11. The Labute approximate surface area is 104 Å². The van der Waals surface area contributed by atoms with E-state index in [-0.39, 0.29) is 6.04 Å². The summed E-state index contributed by atoms with van der Waals surface area (Å²) in [6.07, 6.45) is 1.10. The van der Waals surface area contributed by atoms with Gasteiger partial charge < -0.3 is 15.4 Å². The predicted octanol–water partition coefficient (Wildman–Crippen LogP) is 1.80. The maximum Gasteiger partial charge on any atom is 0.0510 e. The van der Waals surface area contributed by atoms with Gasteiger partial charge in [-0.15, -0.1) is 0 Å². The number of anilines is 1. The minimum absolute atomic E-state index is 0.196. The van der Waals surface area contributed by atoms with Crippen molar-refractivity contribution >= 4 is 5.69 Å². The molecule has 17 heavy (non-hydrogen) atoms. The Morgan fingerprint density at radius 2 is 2.24 bits per heavy atom. The lowest BCUT2D eigenvalue weighted by Gasteiger charge is -2.27. The molecule has 3 heteroatoms. The number of aryl methyl sites for hydroxylation is 1. The first-order chi connectivity index (χ1) is 8.18. The zero-order valence-corrected chi connectivity index (χ0v) is 10.7. The van der Waals surface area contributed by atoms with Crippen LogP contribution in [0.15, 0.2) is 24.3 Å². The van der Waals surface area contributed by atoms with Crippen LogP contribution in [-0.4, -0.2) is 32.8 Å². The van der Waals surface area contributed by atoms with Crippen LogP contribution in [0.4, 0.5) is 5.69 Å². The highest BCUT2D eigenvalue weighted by Gasteiger charge is 2.23. The van der Waals surface area contributed by atoms with Crippen molar-refractivity contribution in [1.29, 1.82) is 0 Å². The lowest BCUT2D eigenvalue weighted by Crippen LogP contribution is -2.41. The average Bonchev–Trinajstić information content (AvgIpc) is 2.82. The first kappa shape index (κ1) is 12.4. The number of nitrogens with zero attached hydrogens (tertiary/aromatic N) is 1. The monoisotopic (exact) mass is 234 g/mol. The van der Waals surface area contributed by atoms with E-state index in [0.29, 0.717) is 5.92 Å². The molecule has 0 saturated carbocycles. The molecule has 1 aromatic rings. The van der Waals surface area contributed by atoms with Gasteiger partial charge in [-0.1, -0.05) is 18.2 Å². The van der Waals surface area contributed by atoms with Crippen LogP contribution in [0.1, 0.15) is 12.0 Å². The third-order valence-electron chi connectivity index (χ3n) is 3.58. The molecule has 2 unspecified atom stereocenters. The number of rotatable bonds is 4. The summed E-state index contributed by atoms with van der Waals surface area (Å²) in [5.74, 6) is 0.515. The highest BCUT2D eigenvalue weighted by molar-refractivity contribution is 5.52. The average molecular weight is 234 g/mol. The Hall–Kier alpha value is -1.06. The summed E-state index contributed by atoms with van der Waals surface area (Å²) in [4.78, 5) is 2.25. The van der Waals surface area contributed by atoms with E-state index in [4.69, 9.17) is 10.5 Å². The third-order valence-corrected chi connectivity index (χ3v) is 3.58. The lowest BCUT2D eigenvalue weighted by atomic mass is 9.99. The zero-order chi connectivity index (χ0) is 12.3. The normalized spacial score (nSPS) is 21.5. The van der Waals surface area contributed by atoms with E-state index in [0.717, 1.165) is 26.2 Å². The second kappa shape index (κ2) is 5.52. The van der Waals surface area contributed by atoms with Gasteiger partial charge in [0.2, 0.25) is 0 Å². The number of hydrogen-bond acceptors (Lipinski definition) is 3. The Balaban J connectivity index is 1.96. The van der Waals surface area contributed by atoms with Gasteiger partial charge >= 0.3 is 0 Å². The number of ether oxygens (including phenoxy) is 1. The summed E-state index contributed by atoms with van der Waals surface area (Å²) in [6, 6.07) is 8.62. The van der Waals surface area contributed by atoms with Crippen LogP contribution in [0.5, 0.6) is 0 Å². The van der Waals surface area contributed by atoms with Gasteiger partial charge in [-0.05, 0) is 25.0 Å². The van der Waals surface area contributed by atoms with E-state index in [9.17, 15) is 0 Å². The Morgan fingerprint density at radius 3 is 2.88 bits per heavy atom.